The van der Waals surface area contributed by atoms with Crippen molar-refractivity contribution in [2.45, 2.75) is 51.2 Å². The maximum atomic E-state index is 11.6. The van der Waals surface area contributed by atoms with Crippen molar-refractivity contribution in [3.05, 3.63) is 17.0 Å². The Kier molecular flexibility index (Phi) is 5.62. The highest BCUT2D eigenvalue weighted by atomic mass is 35.5. The van der Waals surface area contributed by atoms with Gasteiger partial charge in [-0.15, -0.1) is 0 Å². The molecule has 0 aromatic carbocycles. The molecule has 4 nitrogen and oxygen atoms in total. The topological polar surface area (TPSA) is 52.1 Å². The van der Waals surface area contributed by atoms with Gasteiger partial charge in [0.2, 0.25) is 0 Å². The Hall–Kier alpha value is -0.810. The molecule has 1 heterocycles. The van der Waals surface area contributed by atoms with Crippen LogP contribution in [-0.4, -0.2) is 27.3 Å². The molecule has 0 N–H and O–H groups in total. The molecule has 0 spiro atoms. The van der Waals surface area contributed by atoms with Crippen molar-refractivity contribution >= 4 is 29.3 Å². The number of rotatable bonds is 4. The molecule has 0 bridgehead atoms. The Balaban J connectivity index is 2.65. The molecule has 0 aliphatic heterocycles. The van der Waals surface area contributed by atoms with Gasteiger partial charge in [0.25, 0.3) is 0 Å². The second-order valence-corrected chi connectivity index (χ2v) is 6.80. The van der Waals surface area contributed by atoms with Gasteiger partial charge in [0.05, 0.1) is 5.75 Å². The number of hydrogen-bond acceptors (Lipinski definition) is 5. The highest BCUT2D eigenvalue weighted by Gasteiger charge is 2.17. The summed E-state index contributed by atoms with van der Waals surface area (Å²) in [6, 6.07) is 1.66. The van der Waals surface area contributed by atoms with Crippen LogP contribution in [0.25, 0.3) is 0 Å². The molecule has 0 amide bonds. The van der Waals surface area contributed by atoms with Crippen LogP contribution in [0.1, 0.15) is 46.4 Å². The monoisotopic (exact) mass is 302 g/mol. The van der Waals surface area contributed by atoms with Crippen LogP contribution in [0, 0.1) is 0 Å². The molecule has 0 saturated carbocycles. The minimum absolute atomic E-state index is 0.194. The third-order valence-corrected chi connectivity index (χ3v) is 3.04. The predicted molar refractivity (Wildman–Crippen MR) is 77.7 cm³/mol. The van der Waals surface area contributed by atoms with Gasteiger partial charge in [-0.2, -0.15) is 0 Å². The van der Waals surface area contributed by atoms with Crippen molar-refractivity contribution in [1.82, 2.24) is 9.97 Å². The van der Waals surface area contributed by atoms with Crippen molar-refractivity contribution in [2.75, 3.05) is 5.75 Å². The number of hydrogen-bond donors (Lipinski definition) is 0. The van der Waals surface area contributed by atoms with Gasteiger partial charge < -0.3 is 4.74 Å². The van der Waals surface area contributed by atoms with E-state index in [0.29, 0.717) is 16.0 Å². The molecule has 19 heavy (non-hydrogen) atoms. The fourth-order valence-corrected chi connectivity index (χ4v) is 2.18. The maximum Gasteiger partial charge on any atom is 0.316 e. The number of carbonyl (C=O) groups excluding carboxylic acids is 1. The van der Waals surface area contributed by atoms with Crippen molar-refractivity contribution in [3.63, 3.8) is 0 Å². The van der Waals surface area contributed by atoms with Gasteiger partial charge in [0.15, 0.2) is 0 Å². The normalized spacial score (nSPS) is 11.7. The second kappa shape index (κ2) is 6.57. The summed E-state index contributed by atoms with van der Waals surface area (Å²) in [6.07, 6.45) is 0. The largest absolute Gasteiger partial charge is 0.459 e. The Morgan fingerprint density at radius 1 is 1.42 bits per heavy atom. The van der Waals surface area contributed by atoms with E-state index in [1.54, 1.807) is 6.07 Å². The molecule has 0 aliphatic carbocycles. The summed E-state index contributed by atoms with van der Waals surface area (Å²) < 4.78 is 5.23. The minimum Gasteiger partial charge on any atom is -0.459 e. The summed E-state index contributed by atoms with van der Waals surface area (Å²) in [7, 11) is 0. The quantitative estimate of drug-likeness (QED) is 0.482. The van der Waals surface area contributed by atoms with E-state index in [2.05, 4.69) is 9.97 Å². The lowest BCUT2D eigenvalue weighted by Crippen LogP contribution is -2.24. The van der Waals surface area contributed by atoms with Gasteiger partial charge in [-0.25, -0.2) is 9.97 Å². The lowest BCUT2D eigenvalue weighted by atomic mass is 10.2. The number of aromatic nitrogens is 2. The molecule has 1 aromatic heterocycles. The van der Waals surface area contributed by atoms with Crippen molar-refractivity contribution < 1.29 is 9.53 Å². The van der Waals surface area contributed by atoms with Crippen LogP contribution >= 0.6 is 23.4 Å². The summed E-state index contributed by atoms with van der Waals surface area (Å²) in [5, 5.41) is 1.08. The zero-order valence-corrected chi connectivity index (χ0v) is 13.4. The first kappa shape index (κ1) is 16.2. The highest BCUT2D eigenvalue weighted by molar-refractivity contribution is 7.99. The lowest BCUT2D eigenvalue weighted by molar-refractivity contribution is -0.151. The van der Waals surface area contributed by atoms with Crippen molar-refractivity contribution in [3.8, 4) is 0 Å². The lowest BCUT2D eigenvalue weighted by Gasteiger charge is -2.19. The predicted octanol–water partition coefficient (Wildman–Crippen LogP) is 3.69. The van der Waals surface area contributed by atoms with E-state index in [1.165, 1.54) is 11.8 Å². The average molecular weight is 303 g/mol. The Labute approximate surface area is 123 Å². The average Bonchev–Trinajstić information content (AvgIpc) is 2.23. The number of ether oxygens (including phenoxy) is 1. The second-order valence-electron chi connectivity index (χ2n) is 5.42. The van der Waals surface area contributed by atoms with E-state index in [1.807, 2.05) is 34.6 Å². The summed E-state index contributed by atoms with van der Waals surface area (Å²) in [4.78, 5) is 20.1. The first-order valence-corrected chi connectivity index (χ1v) is 7.43. The van der Waals surface area contributed by atoms with E-state index in [4.69, 9.17) is 16.3 Å². The molecule has 0 aliphatic rings. The molecular weight excluding hydrogens is 284 g/mol. The van der Waals surface area contributed by atoms with E-state index >= 15 is 0 Å². The first-order chi connectivity index (χ1) is 8.67. The zero-order valence-electron chi connectivity index (χ0n) is 11.9. The molecule has 0 unspecified atom stereocenters. The third-order valence-electron chi connectivity index (χ3n) is 1.96. The van der Waals surface area contributed by atoms with Gasteiger partial charge in [0, 0.05) is 12.0 Å². The number of halogens is 1. The van der Waals surface area contributed by atoms with Crippen LogP contribution in [0.2, 0.25) is 5.15 Å². The van der Waals surface area contributed by atoms with E-state index in [0.717, 1.165) is 0 Å². The standard InChI is InChI=1S/C13H19ClN2O2S/c1-8(2)12-15-9(14)6-10(16-12)19-7-11(17)18-13(3,4)5/h6,8H,7H2,1-5H3. The fourth-order valence-electron chi connectivity index (χ4n) is 1.25. The van der Waals surface area contributed by atoms with Crippen LogP contribution in [0.5, 0.6) is 0 Å². The van der Waals surface area contributed by atoms with Gasteiger partial charge in [-0.3, -0.25) is 4.79 Å². The number of carbonyl (C=O) groups is 1. The molecule has 1 aromatic rings. The van der Waals surface area contributed by atoms with Crippen molar-refractivity contribution in [1.29, 1.82) is 0 Å². The molecule has 0 fully saturated rings. The van der Waals surface area contributed by atoms with Crippen molar-refractivity contribution in [2.24, 2.45) is 0 Å². The third kappa shape index (κ3) is 6.25. The SMILES string of the molecule is CC(C)c1nc(Cl)cc(SCC(=O)OC(C)(C)C)n1. The fraction of sp³-hybridized carbons (Fsp3) is 0.615. The Morgan fingerprint density at radius 2 is 2.05 bits per heavy atom. The highest BCUT2D eigenvalue weighted by Crippen LogP contribution is 2.22. The molecule has 0 radical (unpaired) electrons. The van der Waals surface area contributed by atoms with Crippen LogP contribution < -0.4 is 0 Å². The van der Waals surface area contributed by atoms with Gasteiger partial charge in [-0.1, -0.05) is 37.2 Å². The number of esters is 1. The molecular formula is C13H19ClN2O2S. The Morgan fingerprint density at radius 3 is 2.58 bits per heavy atom. The van der Waals surface area contributed by atoms with E-state index in [-0.39, 0.29) is 17.6 Å². The summed E-state index contributed by atoms with van der Waals surface area (Å²) in [5.41, 5.74) is -0.468. The molecule has 106 valence electrons. The van der Waals surface area contributed by atoms with Crippen LogP contribution in [0.15, 0.2) is 11.1 Å². The molecule has 0 atom stereocenters. The summed E-state index contributed by atoms with van der Waals surface area (Å²) in [6.45, 7) is 9.51. The van der Waals surface area contributed by atoms with Crippen LogP contribution in [0.4, 0.5) is 0 Å². The molecule has 0 saturated heterocycles. The minimum atomic E-state index is -0.468. The smallest absolute Gasteiger partial charge is 0.316 e. The van der Waals surface area contributed by atoms with E-state index in [9.17, 15) is 4.79 Å². The maximum absolute atomic E-state index is 11.6. The van der Waals surface area contributed by atoms with Gasteiger partial charge in [-0.05, 0) is 20.8 Å². The zero-order chi connectivity index (χ0) is 14.6. The summed E-state index contributed by atoms with van der Waals surface area (Å²) >= 11 is 7.24. The van der Waals surface area contributed by atoms with E-state index < -0.39 is 5.60 Å². The van der Waals surface area contributed by atoms with Crippen LogP contribution in [0.3, 0.4) is 0 Å². The van der Waals surface area contributed by atoms with Gasteiger partial charge >= 0.3 is 5.97 Å². The van der Waals surface area contributed by atoms with Gasteiger partial charge in [0.1, 0.15) is 21.6 Å². The Bertz CT molecular complexity index is 458. The first-order valence-electron chi connectivity index (χ1n) is 6.06. The number of thioether (sulfide) groups is 1. The number of nitrogens with zero attached hydrogens (tertiary/aromatic N) is 2. The summed E-state index contributed by atoms with van der Waals surface area (Å²) in [5.74, 6) is 0.819. The van der Waals surface area contributed by atoms with Crippen LogP contribution in [-0.2, 0) is 9.53 Å². The molecule has 6 heteroatoms. The molecule has 1 rings (SSSR count).